The van der Waals surface area contributed by atoms with Crippen molar-refractivity contribution in [2.24, 2.45) is 5.92 Å². The molecule has 1 saturated carbocycles. The van der Waals surface area contributed by atoms with Gasteiger partial charge in [-0.3, -0.25) is 4.90 Å². The summed E-state index contributed by atoms with van der Waals surface area (Å²) >= 11 is 0. The summed E-state index contributed by atoms with van der Waals surface area (Å²) in [5.74, 6) is 0.808. The fraction of sp³-hybridized carbons (Fsp3) is 1.00. The van der Waals surface area contributed by atoms with Crippen molar-refractivity contribution in [2.75, 3.05) is 13.1 Å². The van der Waals surface area contributed by atoms with E-state index in [2.05, 4.69) is 37.9 Å². The summed E-state index contributed by atoms with van der Waals surface area (Å²) in [6.07, 6.45) is 5.41. The highest BCUT2D eigenvalue weighted by molar-refractivity contribution is 5.05. The van der Waals surface area contributed by atoms with Crippen molar-refractivity contribution in [1.82, 2.24) is 10.2 Å². The molecular weight excluding hydrogens is 196 g/mol. The summed E-state index contributed by atoms with van der Waals surface area (Å²) in [7, 11) is 0. The number of hydrogen-bond acceptors (Lipinski definition) is 2. The predicted molar refractivity (Wildman–Crippen MR) is 69.7 cm³/mol. The predicted octanol–water partition coefficient (Wildman–Crippen LogP) is 2.64. The molecule has 0 aromatic carbocycles. The van der Waals surface area contributed by atoms with Crippen LogP contribution in [-0.4, -0.2) is 35.6 Å². The Labute approximate surface area is 101 Å². The molecule has 3 atom stereocenters. The van der Waals surface area contributed by atoms with Crippen LogP contribution in [0, 0.1) is 5.92 Å². The zero-order valence-electron chi connectivity index (χ0n) is 11.4. The van der Waals surface area contributed by atoms with Gasteiger partial charge in [0.25, 0.3) is 0 Å². The Balaban J connectivity index is 2.01. The van der Waals surface area contributed by atoms with Crippen LogP contribution in [0.5, 0.6) is 0 Å². The highest BCUT2D eigenvalue weighted by atomic mass is 15.3. The molecule has 1 heterocycles. The number of hydrogen-bond donors (Lipinski definition) is 1. The fourth-order valence-electron chi connectivity index (χ4n) is 2.98. The number of nitrogens with zero attached hydrogens (tertiary/aromatic N) is 1. The summed E-state index contributed by atoms with van der Waals surface area (Å²) in [5.41, 5.74) is 0.550. The highest BCUT2D eigenvalue weighted by Gasteiger charge is 2.47. The van der Waals surface area contributed by atoms with Gasteiger partial charge in [-0.15, -0.1) is 0 Å². The molecule has 2 heteroatoms. The summed E-state index contributed by atoms with van der Waals surface area (Å²) in [6.45, 7) is 11.9. The largest absolute Gasteiger partial charge is 0.311 e. The molecule has 0 radical (unpaired) electrons. The van der Waals surface area contributed by atoms with Crippen LogP contribution in [0.25, 0.3) is 0 Å². The molecule has 2 nitrogen and oxygen atoms in total. The molecule has 2 rings (SSSR count). The third-order valence-electron chi connectivity index (χ3n) is 4.92. The monoisotopic (exact) mass is 224 g/mol. The van der Waals surface area contributed by atoms with Crippen molar-refractivity contribution >= 4 is 0 Å². The van der Waals surface area contributed by atoms with E-state index in [0.717, 1.165) is 12.0 Å². The molecule has 1 aliphatic heterocycles. The molecule has 3 unspecified atom stereocenters. The lowest BCUT2D eigenvalue weighted by Gasteiger charge is -2.45. The molecule has 0 aromatic heterocycles. The maximum atomic E-state index is 3.76. The third-order valence-corrected chi connectivity index (χ3v) is 4.92. The van der Waals surface area contributed by atoms with E-state index in [4.69, 9.17) is 0 Å². The molecule has 2 fully saturated rings. The first kappa shape index (κ1) is 12.4. The van der Waals surface area contributed by atoms with Crippen molar-refractivity contribution < 1.29 is 0 Å². The molecule has 16 heavy (non-hydrogen) atoms. The Morgan fingerprint density at radius 2 is 2.06 bits per heavy atom. The smallest absolute Gasteiger partial charge is 0.0224 e. The molecule has 1 N–H and O–H groups in total. The van der Waals surface area contributed by atoms with E-state index >= 15 is 0 Å². The van der Waals surface area contributed by atoms with Gasteiger partial charge < -0.3 is 5.32 Å². The molecule has 0 amide bonds. The Hall–Kier alpha value is -0.0800. The van der Waals surface area contributed by atoms with Crippen LogP contribution >= 0.6 is 0 Å². The summed E-state index contributed by atoms with van der Waals surface area (Å²) in [4.78, 5) is 2.81. The summed E-state index contributed by atoms with van der Waals surface area (Å²) in [6, 6.07) is 1.48. The van der Waals surface area contributed by atoms with Crippen LogP contribution in [0.15, 0.2) is 0 Å². The number of nitrogens with one attached hydrogen (secondary N) is 1. The number of rotatable bonds is 4. The lowest BCUT2D eigenvalue weighted by Crippen LogP contribution is -2.61. The second-order valence-corrected chi connectivity index (χ2v) is 6.11. The Morgan fingerprint density at radius 1 is 1.38 bits per heavy atom. The van der Waals surface area contributed by atoms with Crippen LogP contribution in [0.3, 0.4) is 0 Å². The SMILES string of the molecule is CCC(C)C1CN(C2(C)CC2)C(CC)CN1. The standard InChI is InChI=1S/C14H28N2/c1-5-11(3)13-10-16(14(4)7-8-14)12(6-2)9-15-13/h11-13,15H,5-10H2,1-4H3. The molecule has 2 aliphatic rings. The summed E-state index contributed by atoms with van der Waals surface area (Å²) < 4.78 is 0. The van der Waals surface area contributed by atoms with Crippen molar-refractivity contribution in [3.05, 3.63) is 0 Å². The first-order valence-electron chi connectivity index (χ1n) is 7.11. The van der Waals surface area contributed by atoms with Crippen LogP contribution in [0.1, 0.15) is 53.4 Å². The number of piperazine rings is 1. The van der Waals surface area contributed by atoms with Gasteiger partial charge >= 0.3 is 0 Å². The van der Waals surface area contributed by atoms with E-state index < -0.39 is 0 Å². The zero-order valence-corrected chi connectivity index (χ0v) is 11.4. The maximum absolute atomic E-state index is 3.76. The Bertz CT molecular complexity index is 235. The molecule has 1 aliphatic carbocycles. The minimum absolute atomic E-state index is 0.550. The molecule has 94 valence electrons. The van der Waals surface area contributed by atoms with E-state index in [1.54, 1.807) is 0 Å². The van der Waals surface area contributed by atoms with E-state index in [1.165, 1.54) is 38.8 Å². The normalized spacial score (nSPS) is 36.0. The Kier molecular flexibility index (Phi) is 3.60. The van der Waals surface area contributed by atoms with Crippen LogP contribution in [0.2, 0.25) is 0 Å². The van der Waals surface area contributed by atoms with Gasteiger partial charge in [-0.2, -0.15) is 0 Å². The van der Waals surface area contributed by atoms with Crippen molar-refractivity contribution in [3.63, 3.8) is 0 Å². The average Bonchev–Trinajstić information content (AvgIpc) is 3.06. The van der Waals surface area contributed by atoms with Gasteiger partial charge in [-0.1, -0.05) is 27.2 Å². The van der Waals surface area contributed by atoms with Crippen LogP contribution in [0.4, 0.5) is 0 Å². The fourth-order valence-corrected chi connectivity index (χ4v) is 2.98. The van der Waals surface area contributed by atoms with Gasteiger partial charge in [-0.05, 0) is 32.1 Å². The topological polar surface area (TPSA) is 15.3 Å². The van der Waals surface area contributed by atoms with Crippen LogP contribution < -0.4 is 5.32 Å². The maximum Gasteiger partial charge on any atom is 0.0224 e. The molecule has 0 spiro atoms. The molecule has 0 bridgehead atoms. The molecule has 0 aromatic rings. The first-order valence-corrected chi connectivity index (χ1v) is 7.11. The van der Waals surface area contributed by atoms with Gasteiger partial charge in [0.2, 0.25) is 0 Å². The zero-order chi connectivity index (χ0) is 11.8. The van der Waals surface area contributed by atoms with Crippen molar-refractivity contribution in [2.45, 2.75) is 71.0 Å². The average molecular weight is 224 g/mol. The van der Waals surface area contributed by atoms with E-state index in [0.29, 0.717) is 11.6 Å². The summed E-state index contributed by atoms with van der Waals surface area (Å²) in [5, 5.41) is 3.76. The minimum atomic E-state index is 0.550. The third kappa shape index (κ3) is 2.28. The van der Waals surface area contributed by atoms with E-state index in [9.17, 15) is 0 Å². The molecule has 1 saturated heterocycles. The Morgan fingerprint density at radius 3 is 2.56 bits per heavy atom. The highest BCUT2D eigenvalue weighted by Crippen LogP contribution is 2.43. The van der Waals surface area contributed by atoms with Gasteiger partial charge in [0.1, 0.15) is 0 Å². The van der Waals surface area contributed by atoms with Gasteiger partial charge in [0.15, 0.2) is 0 Å². The lowest BCUT2D eigenvalue weighted by atomic mass is 9.93. The van der Waals surface area contributed by atoms with Gasteiger partial charge in [-0.25, -0.2) is 0 Å². The van der Waals surface area contributed by atoms with Crippen molar-refractivity contribution in [3.8, 4) is 0 Å². The van der Waals surface area contributed by atoms with E-state index in [-0.39, 0.29) is 0 Å². The van der Waals surface area contributed by atoms with Crippen molar-refractivity contribution in [1.29, 1.82) is 0 Å². The molecular formula is C14H28N2. The van der Waals surface area contributed by atoms with E-state index in [1.807, 2.05) is 0 Å². The van der Waals surface area contributed by atoms with Gasteiger partial charge in [0, 0.05) is 30.7 Å². The second-order valence-electron chi connectivity index (χ2n) is 6.11. The van der Waals surface area contributed by atoms with Gasteiger partial charge in [0.05, 0.1) is 0 Å². The quantitative estimate of drug-likeness (QED) is 0.790. The minimum Gasteiger partial charge on any atom is -0.311 e. The lowest BCUT2D eigenvalue weighted by molar-refractivity contribution is 0.0595. The second kappa shape index (κ2) is 4.66. The first-order chi connectivity index (χ1) is 7.60. The van der Waals surface area contributed by atoms with Crippen LogP contribution in [-0.2, 0) is 0 Å².